The summed E-state index contributed by atoms with van der Waals surface area (Å²) in [5.41, 5.74) is 4.92. The molecule has 168 valence electrons. The van der Waals surface area contributed by atoms with Gasteiger partial charge in [-0.3, -0.25) is 19.6 Å². The minimum atomic E-state index is -0.0523. The normalized spacial score (nSPS) is 13.9. The SMILES string of the molecule is CCN(CC)Cc1cc(CN2CCc3nc(-c4ccncc4)[nH]c(=O)c3C2)ccc1OC. The Morgan fingerprint density at radius 2 is 1.94 bits per heavy atom. The molecule has 2 aromatic heterocycles. The summed E-state index contributed by atoms with van der Waals surface area (Å²) in [6, 6.07) is 10.1. The van der Waals surface area contributed by atoms with Crippen LogP contribution in [0, 0.1) is 0 Å². The molecule has 0 atom stereocenters. The van der Waals surface area contributed by atoms with Crippen molar-refractivity contribution in [3.05, 3.63) is 75.5 Å². The van der Waals surface area contributed by atoms with Crippen LogP contribution < -0.4 is 10.3 Å². The fourth-order valence-electron chi connectivity index (χ4n) is 4.26. The number of nitrogens with one attached hydrogen (secondary N) is 1. The predicted molar refractivity (Wildman–Crippen MR) is 126 cm³/mol. The molecule has 0 spiro atoms. The third-order valence-corrected chi connectivity index (χ3v) is 6.14. The number of hydrogen-bond donors (Lipinski definition) is 1. The Bertz CT molecular complexity index is 1110. The number of methoxy groups -OCH3 is 1. The molecule has 0 fully saturated rings. The molecule has 1 aliphatic heterocycles. The quantitative estimate of drug-likeness (QED) is 0.588. The highest BCUT2D eigenvalue weighted by molar-refractivity contribution is 5.54. The number of aromatic nitrogens is 3. The van der Waals surface area contributed by atoms with E-state index in [4.69, 9.17) is 9.72 Å². The van der Waals surface area contributed by atoms with E-state index in [-0.39, 0.29) is 5.56 Å². The van der Waals surface area contributed by atoms with E-state index in [1.165, 1.54) is 11.1 Å². The Kier molecular flexibility index (Phi) is 6.97. The highest BCUT2D eigenvalue weighted by Crippen LogP contribution is 2.24. The molecular formula is C25H31N5O2. The van der Waals surface area contributed by atoms with Gasteiger partial charge in [-0.05, 0) is 42.9 Å². The molecule has 7 nitrogen and oxygen atoms in total. The summed E-state index contributed by atoms with van der Waals surface area (Å²) >= 11 is 0. The summed E-state index contributed by atoms with van der Waals surface area (Å²) in [4.78, 5) is 29.2. The van der Waals surface area contributed by atoms with Crippen LogP contribution in [0.25, 0.3) is 11.4 Å². The standard InChI is InChI=1S/C25H31N5O2/c1-4-29(5-2)16-20-14-18(6-7-23(20)32-3)15-30-13-10-22-21(17-30)25(31)28-24(27-22)19-8-11-26-12-9-19/h6-9,11-12,14H,4-5,10,13,15-17H2,1-3H3,(H,27,28,31). The number of hydrogen-bond acceptors (Lipinski definition) is 6. The van der Waals surface area contributed by atoms with Crippen LogP contribution in [0.4, 0.5) is 0 Å². The molecule has 0 radical (unpaired) electrons. The molecule has 32 heavy (non-hydrogen) atoms. The number of rotatable bonds is 8. The van der Waals surface area contributed by atoms with Gasteiger partial charge in [-0.1, -0.05) is 19.9 Å². The number of aromatic amines is 1. The minimum Gasteiger partial charge on any atom is -0.496 e. The maximum absolute atomic E-state index is 12.8. The van der Waals surface area contributed by atoms with Crippen LogP contribution in [0.15, 0.2) is 47.5 Å². The highest BCUT2D eigenvalue weighted by Gasteiger charge is 2.22. The Morgan fingerprint density at radius 1 is 1.16 bits per heavy atom. The van der Waals surface area contributed by atoms with Crippen molar-refractivity contribution in [2.24, 2.45) is 0 Å². The molecule has 0 unspecified atom stereocenters. The number of pyridine rings is 1. The third-order valence-electron chi connectivity index (χ3n) is 6.14. The average Bonchev–Trinajstić information content (AvgIpc) is 2.83. The summed E-state index contributed by atoms with van der Waals surface area (Å²) in [5, 5.41) is 0. The second-order valence-electron chi connectivity index (χ2n) is 8.14. The molecule has 3 heterocycles. The Hall–Kier alpha value is -3.03. The lowest BCUT2D eigenvalue weighted by Crippen LogP contribution is -2.35. The minimum absolute atomic E-state index is 0.0523. The monoisotopic (exact) mass is 433 g/mol. The lowest BCUT2D eigenvalue weighted by Gasteiger charge is -2.28. The second-order valence-corrected chi connectivity index (χ2v) is 8.14. The Morgan fingerprint density at radius 3 is 2.66 bits per heavy atom. The Labute approximate surface area is 189 Å². The van der Waals surface area contributed by atoms with Crippen LogP contribution in [0.2, 0.25) is 0 Å². The summed E-state index contributed by atoms with van der Waals surface area (Å²) in [7, 11) is 1.72. The van der Waals surface area contributed by atoms with Crippen LogP contribution >= 0.6 is 0 Å². The first kappa shape index (κ1) is 22.2. The van der Waals surface area contributed by atoms with Crippen molar-refractivity contribution in [2.45, 2.75) is 39.9 Å². The zero-order chi connectivity index (χ0) is 22.5. The van der Waals surface area contributed by atoms with E-state index in [2.05, 4.69) is 51.8 Å². The molecule has 7 heteroatoms. The van der Waals surface area contributed by atoms with Gasteiger partial charge < -0.3 is 9.72 Å². The number of fused-ring (bicyclic) bond motifs is 1. The molecule has 1 aliphatic rings. The van der Waals surface area contributed by atoms with Gasteiger partial charge in [0.05, 0.1) is 18.4 Å². The average molecular weight is 434 g/mol. The number of H-pyrrole nitrogens is 1. The molecule has 0 saturated carbocycles. The van der Waals surface area contributed by atoms with Crippen LogP contribution in [-0.4, -0.2) is 51.5 Å². The van der Waals surface area contributed by atoms with Gasteiger partial charge in [0.1, 0.15) is 11.6 Å². The van der Waals surface area contributed by atoms with Gasteiger partial charge in [0, 0.05) is 56.1 Å². The van der Waals surface area contributed by atoms with Crippen molar-refractivity contribution < 1.29 is 4.74 Å². The lowest BCUT2D eigenvalue weighted by atomic mass is 10.0. The maximum Gasteiger partial charge on any atom is 0.255 e. The van der Waals surface area contributed by atoms with Crippen LogP contribution in [0.5, 0.6) is 5.75 Å². The largest absolute Gasteiger partial charge is 0.496 e. The zero-order valence-corrected chi connectivity index (χ0v) is 19.1. The van der Waals surface area contributed by atoms with E-state index >= 15 is 0 Å². The van der Waals surface area contributed by atoms with Crippen LogP contribution in [-0.2, 0) is 26.1 Å². The van der Waals surface area contributed by atoms with Crippen molar-refractivity contribution in [1.29, 1.82) is 0 Å². The molecule has 0 bridgehead atoms. The molecule has 4 rings (SSSR count). The van der Waals surface area contributed by atoms with Crippen molar-refractivity contribution in [3.8, 4) is 17.1 Å². The van der Waals surface area contributed by atoms with E-state index in [1.807, 2.05) is 12.1 Å². The van der Waals surface area contributed by atoms with E-state index in [9.17, 15) is 4.79 Å². The van der Waals surface area contributed by atoms with Gasteiger partial charge in [0.15, 0.2) is 0 Å². The Balaban J connectivity index is 1.51. The fourth-order valence-corrected chi connectivity index (χ4v) is 4.26. The number of benzene rings is 1. The molecule has 3 aromatic rings. The van der Waals surface area contributed by atoms with Gasteiger partial charge in [0.2, 0.25) is 0 Å². The van der Waals surface area contributed by atoms with Crippen molar-refractivity contribution in [3.63, 3.8) is 0 Å². The van der Waals surface area contributed by atoms with E-state index in [1.54, 1.807) is 19.5 Å². The van der Waals surface area contributed by atoms with Gasteiger partial charge in [-0.2, -0.15) is 0 Å². The van der Waals surface area contributed by atoms with Crippen LogP contribution in [0.3, 0.4) is 0 Å². The zero-order valence-electron chi connectivity index (χ0n) is 19.1. The third kappa shape index (κ3) is 4.89. The highest BCUT2D eigenvalue weighted by atomic mass is 16.5. The molecule has 1 N–H and O–H groups in total. The van der Waals surface area contributed by atoms with Crippen molar-refractivity contribution in [1.82, 2.24) is 24.8 Å². The molecule has 0 saturated heterocycles. The summed E-state index contributed by atoms with van der Waals surface area (Å²) in [6.45, 7) is 9.50. The lowest BCUT2D eigenvalue weighted by molar-refractivity contribution is 0.241. The first-order valence-electron chi connectivity index (χ1n) is 11.2. The molecule has 0 amide bonds. The summed E-state index contributed by atoms with van der Waals surface area (Å²) in [5.74, 6) is 1.54. The van der Waals surface area contributed by atoms with Gasteiger partial charge in [-0.15, -0.1) is 0 Å². The smallest absolute Gasteiger partial charge is 0.255 e. The molecular weight excluding hydrogens is 402 g/mol. The van der Waals surface area contributed by atoms with E-state index in [0.717, 1.165) is 61.7 Å². The second kappa shape index (κ2) is 10.1. The molecule has 0 aliphatic carbocycles. The van der Waals surface area contributed by atoms with Gasteiger partial charge in [0.25, 0.3) is 5.56 Å². The van der Waals surface area contributed by atoms with Crippen molar-refractivity contribution >= 4 is 0 Å². The fraction of sp³-hybridized carbons (Fsp3) is 0.400. The van der Waals surface area contributed by atoms with Crippen LogP contribution in [0.1, 0.15) is 36.2 Å². The first-order valence-corrected chi connectivity index (χ1v) is 11.2. The van der Waals surface area contributed by atoms with Crippen molar-refractivity contribution in [2.75, 3.05) is 26.7 Å². The summed E-state index contributed by atoms with van der Waals surface area (Å²) < 4.78 is 5.59. The topological polar surface area (TPSA) is 74.4 Å². The predicted octanol–water partition coefficient (Wildman–Crippen LogP) is 3.24. The van der Waals surface area contributed by atoms with E-state index in [0.29, 0.717) is 12.4 Å². The number of nitrogens with zero attached hydrogens (tertiary/aromatic N) is 4. The summed E-state index contributed by atoms with van der Waals surface area (Å²) in [6.07, 6.45) is 4.18. The first-order chi connectivity index (χ1) is 15.6. The molecule has 1 aromatic carbocycles. The van der Waals surface area contributed by atoms with Gasteiger partial charge >= 0.3 is 0 Å². The van der Waals surface area contributed by atoms with E-state index < -0.39 is 0 Å². The number of ether oxygens (including phenoxy) is 1. The maximum atomic E-state index is 12.8. The van der Waals surface area contributed by atoms with Gasteiger partial charge in [-0.25, -0.2) is 4.98 Å².